The Morgan fingerprint density at radius 1 is 1.22 bits per heavy atom. The summed E-state index contributed by atoms with van der Waals surface area (Å²) in [7, 11) is 0. The highest BCUT2D eigenvalue weighted by Crippen LogP contribution is 2.19. The Labute approximate surface area is 103 Å². The van der Waals surface area contributed by atoms with Crippen LogP contribution < -0.4 is 4.74 Å². The van der Waals surface area contributed by atoms with E-state index in [9.17, 15) is 14.5 Å². The smallest absolute Gasteiger partial charge is 0.342 e. The summed E-state index contributed by atoms with van der Waals surface area (Å²) in [4.78, 5) is 36.2. The SMILES string of the molecule is CC(=O)Oc1ccccc1C(=O)OCCON=O. The maximum atomic E-state index is 11.6. The quantitative estimate of drug-likeness (QED) is 0.250. The minimum atomic E-state index is -0.679. The largest absolute Gasteiger partial charge is 0.458 e. The average molecular weight is 253 g/mol. The molecule has 0 aliphatic carbocycles. The third-order valence-corrected chi connectivity index (χ3v) is 1.82. The lowest BCUT2D eigenvalue weighted by Crippen LogP contribution is -2.12. The molecule has 0 atom stereocenters. The predicted octanol–water partition coefficient (Wildman–Crippen LogP) is 1.47. The molecule has 0 fully saturated rings. The molecule has 1 aromatic rings. The summed E-state index contributed by atoms with van der Waals surface area (Å²) in [6.45, 7) is 0.968. The van der Waals surface area contributed by atoms with Crippen LogP contribution in [-0.2, 0) is 14.4 Å². The second-order valence-corrected chi connectivity index (χ2v) is 3.13. The monoisotopic (exact) mass is 253 g/mol. The average Bonchev–Trinajstić information content (AvgIpc) is 2.34. The summed E-state index contributed by atoms with van der Waals surface area (Å²) in [6.07, 6.45) is 0. The second kappa shape index (κ2) is 7.00. The van der Waals surface area contributed by atoms with Crippen LogP contribution in [0.2, 0.25) is 0 Å². The Morgan fingerprint density at radius 2 is 1.94 bits per heavy atom. The van der Waals surface area contributed by atoms with E-state index in [1.807, 2.05) is 0 Å². The van der Waals surface area contributed by atoms with Gasteiger partial charge in [0, 0.05) is 6.92 Å². The van der Waals surface area contributed by atoms with Crippen molar-refractivity contribution in [2.24, 2.45) is 5.34 Å². The summed E-state index contributed by atoms with van der Waals surface area (Å²) in [5, 5.41) is 2.15. The molecule has 0 bridgehead atoms. The standard InChI is InChI=1S/C11H11NO6/c1-8(13)18-10-5-3-2-4-9(10)11(14)16-6-7-17-12-15/h2-5H,6-7H2,1H3. The Balaban J connectivity index is 2.66. The van der Waals surface area contributed by atoms with Crippen LogP contribution >= 0.6 is 0 Å². The lowest BCUT2D eigenvalue weighted by molar-refractivity contribution is -0.131. The van der Waals surface area contributed by atoms with Gasteiger partial charge in [-0.15, -0.1) is 4.91 Å². The van der Waals surface area contributed by atoms with Crippen molar-refractivity contribution < 1.29 is 23.9 Å². The van der Waals surface area contributed by atoms with Crippen LogP contribution in [0.3, 0.4) is 0 Å². The number of hydrogen-bond acceptors (Lipinski definition) is 7. The van der Waals surface area contributed by atoms with E-state index < -0.39 is 11.9 Å². The summed E-state index contributed by atoms with van der Waals surface area (Å²) in [6, 6.07) is 6.16. The van der Waals surface area contributed by atoms with E-state index in [1.54, 1.807) is 12.1 Å². The fourth-order valence-electron chi connectivity index (χ4n) is 1.17. The van der Waals surface area contributed by atoms with Crippen LogP contribution in [-0.4, -0.2) is 25.2 Å². The normalized spacial score (nSPS) is 9.39. The second-order valence-electron chi connectivity index (χ2n) is 3.13. The zero-order chi connectivity index (χ0) is 13.4. The molecule has 1 aromatic carbocycles. The molecule has 0 radical (unpaired) electrons. The van der Waals surface area contributed by atoms with E-state index in [2.05, 4.69) is 10.2 Å². The molecule has 0 aromatic heterocycles. The van der Waals surface area contributed by atoms with Crippen molar-refractivity contribution in [3.8, 4) is 5.75 Å². The van der Waals surface area contributed by atoms with Crippen molar-refractivity contribution in [2.45, 2.75) is 6.92 Å². The maximum Gasteiger partial charge on any atom is 0.342 e. The summed E-state index contributed by atoms with van der Waals surface area (Å²) >= 11 is 0. The number of hydrogen-bond donors (Lipinski definition) is 0. The molecule has 7 heteroatoms. The van der Waals surface area contributed by atoms with Gasteiger partial charge in [-0.25, -0.2) is 4.79 Å². The van der Waals surface area contributed by atoms with E-state index in [0.29, 0.717) is 0 Å². The van der Waals surface area contributed by atoms with Gasteiger partial charge in [-0.3, -0.25) is 4.79 Å². The predicted molar refractivity (Wildman–Crippen MR) is 59.8 cm³/mol. The topological polar surface area (TPSA) is 91.3 Å². The zero-order valence-electron chi connectivity index (χ0n) is 9.62. The van der Waals surface area contributed by atoms with Crippen molar-refractivity contribution >= 4 is 11.9 Å². The van der Waals surface area contributed by atoms with Crippen molar-refractivity contribution in [3.05, 3.63) is 34.7 Å². The highest BCUT2D eigenvalue weighted by Gasteiger charge is 2.14. The van der Waals surface area contributed by atoms with Crippen LogP contribution in [0.5, 0.6) is 5.75 Å². The lowest BCUT2D eigenvalue weighted by atomic mass is 10.2. The molecule has 0 saturated carbocycles. The molecule has 0 N–H and O–H groups in total. The molecule has 0 unspecified atom stereocenters. The van der Waals surface area contributed by atoms with Crippen LogP contribution in [0.1, 0.15) is 17.3 Å². The van der Waals surface area contributed by atoms with Crippen molar-refractivity contribution in [1.82, 2.24) is 0 Å². The fourth-order valence-corrected chi connectivity index (χ4v) is 1.17. The number of carbonyl (C=O) groups excluding carboxylic acids is 2. The summed E-state index contributed by atoms with van der Waals surface area (Å²) < 4.78 is 9.65. The minimum absolute atomic E-state index is 0.115. The Morgan fingerprint density at radius 3 is 2.61 bits per heavy atom. The Hall–Kier alpha value is -2.44. The minimum Gasteiger partial charge on any atom is -0.458 e. The van der Waals surface area contributed by atoms with E-state index in [0.717, 1.165) is 0 Å². The zero-order valence-corrected chi connectivity index (χ0v) is 9.62. The lowest BCUT2D eigenvalue weighted by Gasteiger charge is -2.08. The molecule has 0 heterocycles. The van der Waals surface area contributed by atoms with E-state index >= 15 is 0 Å². The van der Waals surface area contributed by atoms with Crippen molar-refractivity contribution in [3.63, 3.8) is 0 Å². The highest BCUT2D eigenvalue weighted by molar-refractivity contribution is 5.93. The number of ether oxygens (including phenoxy) is 2. The highest BCUT2D eigenvalue weighted by atomic mass is 16.7. The number of para-hydroxylation sites is 1. The number of carbonyl (C=O) groups is 2. The first kappa shape index (κ1) is 13.6. The third kappa shape index (κ3) is 4.20. The maximum absolute atomic E-state index is 11.6. The molecule has 7 nitrogen and oxygen atoms in total. The number of benzene rings is 1. The number of esters is 2. The van der Waals surface area contributed by atoms with Gasteiger partial charge in [0.15, 0.2) is 11.9 Å². The summed E-state index contributed by atoms with van der Waals surface area (Å²) in [5.74, 6) is -1.10. The van der Waals surface area contributed by atoms with Gasteiger partial charge in [-0.1, -0.05) is 12.1 Å². The van der Waals surface area contributed by atoms with Crippen molar-refractivity contribution in [1.29, 1.82) is 0 Å². The Bertz CT molecular complexity index is 445. The first-order valence-electron chi connectivity index (χ1n) is 5.04. The van der Waals surface area contributed by atoms with Gasteiger partial charge in [-0.05, 0) is 12.1 Å². The molecular weight excluding hydrogens is 242 g/mol. The molecule has 0 spiro atoms. The first-order chi connectivity index (χ1) is 8.65. The van der Waals surface area contributed by atoms with Crippen LogP contribution in [0, 0.1) is 4.91 Å². The Kier molecular flexibility index (Phi) is 5.30. The van der Waals surface area contributed by atoms with Gasteiger partial charge in [0.05, 0.1) is 0 Å². The fraction of sp³-hybridized carbons (Fsp3) is 0.273. The molecule has 0 saturated heterocycles. The van der Waals surface area contributed by atoms with Gasteiger partial charge >= 0.3 is 11.9 Å². The van der Waals surface area contributed by atoms with Crippen LogP contribution in [0.4, 0.5) is 0 Å². The molecule has 18 heavy (non-hydrogen) atoms. The molecule has 0 amide bonds. The number of rotatable bonds is 6. The third-order valence-electron chi connectivity index (χ3n) is 1.82. The van der Waals surface area contributed by atoms with Crippen LogP contribution in [0.25, 0.3) is 0 Å². The van der Waals surface area contributed by atoms with Gasteiger partial charge < -0.3 is 14.3 Å². The number of nitrogens with zero attached hydrogens (tertiary/aromatic N) is 1. The van der Waals surface area contributed by atoms with E-state index in [4.69, 9.17) is 9.47 Å². The first-order valence-corrected chi connectivity index (χ1v) is 5.04. The summed E-state index contributed by atoms with van der Waals surface area (Å²) in [5.41, 5.74) is 0.117. The van der Waals surface area contributed by atoms with Gasteiger partial charge in [-0.2, -0.15) is 0 Å². The van der Waals surface area contributed by atoms with E-state index in [-0.39, 0.29) is 24.5 Å². The van der Waals surface area contributed by atoms with Gasteiger partial charge in [0.1, 0.15) is 17.9 Å². The molecule has 1 rings (SSSR count). The molecule has 0 aliphatic rings. The van der Waals surface area contributed by atoms with Gasteiger partial charge in [0.25, 0.3) is 0 Å². The van der Waals surface area contributed by atoms with Gasteiger partial charge in [0.2, 0.25) is 0 Å². The molecule has 0 aliphatic heterocycles. The molecule has 96 valence electrons. The van der Waals surface area contributed by atoms with Crippen LogP contribution in [0.15, 0.2) is 29.6 Å². The molecular formula is C11H11NO6. The van der Waals surface area contributed by atoms with E-state index in [1.165, 1.54) is 19.1 Å². The van der Waals surface area contributed by atoms with Crippen molar-refractivity contribution in [2.75, 3.05) is 13.2 Å².